The largest absolute Gasteiger partial charge is 0.496 e. The molecule has 5 rings (SSSR count). The maximum atomic E-state index is 13.2. The van der Waals surface area contributed by atoms with Gasteiger partial charge in [-0.2, -0.15) is 0 Å². The first-order valence-electron chi connectivity index (χ1n) is 12.0. The molecule has 1 amide bonds. The lowest BCUT2D eigenvalue weighted by Gasteiger charge is -2.17. The van der Waals surface area contributed by atoms with Crippen LogP contribution in [0.2, 0.25) is 0 Å². The summed E-state index contributed by atoms with van der Waals surface area (Å²) < 4.78 is 17.0. The third-order valence-electron chi connectivity index (χ3n) is 6.18. The summed E-state index contributed by atoms with van der Waals surface area (Å²) in [6.45, 7) is 0.304. The number of benzene rings is 4. The predicted octanol–water partition coefficient (Wildman–Crippen LogP) is 6.21. The summed E-state index contributed by atoms with van der Waals surface area (Å²) in [5, 5.41) is 3.32. The molecule has 0 atom stereocenters. The third kappa shape index (κ3) is 5.23. The number of amides is 1. The van der Waals surface area contributed by atoms with E-state index in [1.54, 1.807) is 32.4 Å². The van der Waals surface area contributed by atoms with Gasteiger partial charge in [0.2, 0.25) is 0 Å². The molecule has 1 N–H and O–H groups in total. The Morgan fingerprint density at radius 3 is 2.24 bits per heavy atom. The van der Waals surface area contributed by atoms with Gasteiger partial charge in [-0.3, -0.25) is 4.79 Å². The number of hydrogen-bond donors (Lipinski definition) is 1. The second-order valence-corrected chi connectivity index (χ2v) is 8.94. The molecule has 1 heterocycles. The van der Waals surface area contributed by atoms with Gasteiger partial charge >= 0.3 is 0 Å². The average Bonchev–Trinajstić information content (AvgIpc) is 3.24. The second-order valence-electron chi connectivity index (χ2n) is 8.55. The predicted molar refractivity (Wildman–Crippen MR) is 153 cm³/mol. The van der Waals surface area contributed by atoms with E-state index in [0.717, 1.165) is 28.0 Å². The minimum absolute atomic E-state index is 0.258. The van der Waals surface area contributed by atoms with Crippen LogP contribution in [0, 0.1) is 0 Å². The number of para-hydroxylation sites is 2. The Hall–Kier alpha value is -4.62. The van der Waals surface area contributed by atoms with Crippen molar-refractivity contribution in [3.8, 4) is 28.4 Å². The van der Waals surface area contributed by atoms with Crippen molar-refractivity contribution >= 4 is 35.0 Å². The minimum atomic E-state index is -0.258. The standard InChI is InChI=1S/C31H26N2O4S/c1-35-28-17-12-21(19-26-30(34)33(31(38)32-26)27-10-6-7-11-29(27)36-2)18-24(28)20-37-25-15-13-23(14-16-25)22-8-4-3-5-9-22/h3-19H,20H2,1-2H3,(H,32,38)/b26-19+. The van der Waals surface area contributed by atoms with Crippen LogP contribution in [-0.4, -0.2) is 25.2 Å². The molecule has 4 aromatic rings. The number of thiocarbonyl (C=S) groups is 1. The number of carbonyl (C=O) groups excluding carboxylic acids is 1. The van der Waals surface area contributed by atoms with Crippen LogP contribution in [0.4, 0.5) is 5.69 Å². The van der Waals surface area contributed by atoms with Gasteiger partial charge in [-0.05, 0) is 71.4 Å². The number of ether oxygens (including phenoxy) is 3. The summed E-state index contributed by atoms with van der Waals surface area (Å²) in [4.78, 5) is 14.7. The topological polar surface area (TPSA) is 60.0 Å². The Balaban J connectivity index is 1.34. The van der Waals surface area contributed by atoms with Gasteiger partial charge in [-0.25, -0.2) is 4.90 Å². The van der Waals surface area contributed by atoms with E-state index >= 15 is 0 Å². The van der Waals surface area contributed by atoms with Crippen LogP contribution in [0.25, 0.3) is 17.2 Å². The molecule has 0 bridgehead atoms. The molecule has 1 aliphatic heterocycles. The van der Waals surface area contributed by atoms with Gasteiger partial charge in [0, 0.05) is 5.56 Å². The molecular formula is C31H26N2O4S. The molecule has 0 aromatic heterocycles. The van der Waals surface area contributed by atoms with Crippen molar-refractivity contribution in [2.45, 2.75) is 6.61 Å². The number of rotatable bonds is 8. The van der Waals surface area contributed by atoms with Crippen LogP contribution in [0.5, 0.6) is 17.2 Å². The number of nitrogens with one attached hydrogen (secondary N) is 1. The quantitative estimate of drug-likeness (QED) is 0.219. The third-order valence-corrected chi connectivity index (χ3v) is 6.46. The summed E-state index contributed by atoms with van der Waals surface area (Å²) in [7, 11) is 3.18. The van der Waals surface area contributed by atoms with Crippen LogP contribution in [-0.2, 0) is 11.4 Å². The summed E-state index contributed by atoms with van der Waals surface area (Å²) in [5.74, 6) is 1.75. The summed E-state index contributed by atoms with van der Waals surface area (Å²) in [6.07, 6.45) is 1.77. The zero-order valence-electron chi connectivity index (χ0n) is 21.0. The van der Waals surface area contributed by atoms with E-state index in [9.17, 15) is 4.79 Å². The maximum absolute atomic E-state index is 13.2. The molecule has 1 aliphatic rings. The number of anilines is 1. The number of methoxy groups -OCH3 is 2. The van der Waals surface area contributed by atoms with E-state index in [0.29, 0.717) is 34.6 Å². The van der Waals surface area contributed by atoms with Gasteiger partial charge in [0.05, 0.1) is 19.9 Å². The first-order chi connectivity index (χ1) is 18.6. The van der Waals surface area contributed by atoms with Crippen LogP contribution in [0.15, 0.2) is 103 Å². The molecule has 6 nitrogen and oxygen atoms in total. The molecule has 4 aromatic carbocycles. The molecule has 1 fully saturated rings. The second kappa shape index (κ2) is 11.2. The van der Waals surface area contributed by atoms with Crippen molar-refractivity contribution in [2.75, 3.05) is 19.1 Å². The summed E-state index contributed by atoms with van der Waals surface area (Å²) >= 11 is 5.46. The molecule has 190 valence electrons. The molecule has 0 radical (unpaired) electrons. The smallest absolute Gasteiger partial charge is 0.281 e. The summed E-state index contributed by atoms with van der Waals surface area (Å²) in [5.41, 5.74) is 4.89. The SMILES string of the molecule is COc1ccc(/C=C2/NC(=S)N(c3ccccc3OC)C2=O)cc1COc1ccc(-c2ccccc2)cc1. The van der Waals surface area contributed by atoms with E-state index in [1.165, 1.54) is 4.90 Å². The highest BCUT2D eigenvalue weighted by atomic mass is 32.1. The van der Waals surface area contributed by atoms with E-state index < -0.39 is 0 Å². The molecule has 0 spiro atoms. The van der Waals surface area contributed by atoms with E-state index in [1.807, 2.05) is 72.8 Å². The Labute approximate surface area is 227 Å². The molecular weight excluding hydrogens is 496 g/mol. The van der Waals surface area contributed by atoms with Crippen molar-refractivity contribution in [1.29, 1.82) is 0 Å². The van der Waals surface area contributed by atoms with Crippen molar-refractivity contribution in [1.82, 2.24) is 5.32 Å². The number of nitrogens with zero attached hydrogens (tertiary/aromatic N) is 1. The van der Waals surface area contributed by atoms with Gasteiger partial charge in [0.15, 0.2) is 5.11 Å². The van der Waals surface area contributed by atoms with Crippen molar-refractivity contribution in [3.05, 3.63) is 114 Å². The Kier molecular flexibility index (Phi) is 7.38. The first-order valence-corrected chi connectivity index (χ1v) is 12.4. The average molecular weight is 523 g/mol. The van der Waals surface area contributed by atoms with E-state index in [4.69, 9.17) is 26.4 Å². The first kappa shape index (κ1) is 25.0. The zero-order valence-corrected chi connectivity index (χ0v) is 21.8. The highest BCUT2D eigenvalue weighted by Gasteiger charge is 2.33. The van der Waals surface area contributed by atoms with Gasteiger partial charge in [-0.15, -0.1) is 0 Å². The van der Waals surface area contributed by atoms with Gasteiger partial charge in [-0.1, -0.05) is 60.7 Å². The Morgan fingerprint density at radius 2 is 1.50 bits per heavy atom. The zero-order chi connectivity index (χ0) is 26.5. The number of hydrogen-bond acceptors (Lipinski definition) is 5. The normalized spacial score (nSPS) is 13.9. The lowest BCUT2D eigenvalue weighted by atomic mass is 10.1. The monoisotopic (exact) mass is 522 g/mol. The highest BCUT2D eigenvalue weighted by molar-refractivity contribution is 7.80. The summed E-state index contributed by atoms with van der Waals surface area (Å²) in [6, 6.07) is 31.1. The van der Waals surface area contributed by atoms with Gasteiger partial charge < -0.3 is 19.5 Å². The number of carbonyl (C=O) groups is 1. The fourth-order valence-corrected chi connectivity index (χ4v) is 4.56. The fourth-order valence-electron chi connectivity index (χ4n) is 4.27. The van der Waals surface area contributed by atoms with Crippen LogP contribution in [0.1, 0.15) is 11.1 Å². The lowest BCUT2D eigenvalue weighted by Crippen LogP contribution is -2.30. The van der Waals surface area contributed by atoms with E-state index in [-0.39, 0.29) is 5.91 Å². The van der Waals surface area contributed by atoms with Crippen molar-refractivity contribution < 1.29 is 19.0 Å². The molecule has 0 saturated carbocycles. The Morgan fingerprint density at radius 1 is 0.816 bits per heavy atom. The van der Waals surface area contributed by atoms with Crippen LogP contribution >= 0.6 is 12.2 Å². The minimum Gasteiger partial charge on any atom is -0.496 e. The van der Waals surface area contributed by atoms with Gasteiger partial charge in [0.25, 0.3) is 5.91 Å². The molecule has 38 heavy (non-hydrogen) atoms. The molecule has 7 heteroatoms. The van der Waals surface area contributed by atoms with Crippen LogP contribution in [0.3, 0.4) is 0 Å². The maximum Gasteiger partial charge on any atom is 0.281 e. The highest BCUT2D eigenvalue weighted by Crippen LogP contribution is 2.32. The Bertz CT molecular complexity index is 1500. The van der Waals surface area contributed by atoms with Crippen molar-refractivity contribution in [3.63, 3.8) is 0 Å². The molecule has 1 saturated heterocycles. The molecule has 0 unspecified atom stereocenters. The van der Waals surface area contributed by atoms with Crippen LogP contribution < -0.4 is 24.4 Å². The van der Waals surface area contributed by atoms with Gasteiger partial charge in [0.1, 0.15) is 29.6 Å². The lowest BCUT2D eigenvalue weighted by molar-refractivity contribution is -0.113. The molecule has 0 aliphatic carbocycles. The van der Waals surface area contributed by atoms with Crippen molar-refractivity contribution in [2.24, 2.45) is 0 Å². The van der Waals surface area contributed by atoms with E-state index in [2.05, 4.69) is 17.4 Å². The fraction of sp³-hybridized carbons (Fsp3) is 0.0968.